The lowest BCUT2D eigenvalue weighted by molar-refractivity contribution is 0.0557. The Morgan fingerprint density at radius 3 is 2.70 bits per heavy atom. The summed E-state index contributed by atoms with van der Waals surface area (Å²) in [7, 11) is 0. The molecule has 1 heterocycles. The van der Waals surface area contributed by atoms with Crippen molar-refractivity contribution in [2.45, 2.75) is 26.7 Å². The van der Waals surface area contributed by atoms with Gasteiger partial charge in [0.2, 0.25) is 0 Å². The molecular formula is C16H25N3O. The van der Waals surface area contributed by atoms with Crippen molar-refractivity contribution in [2.24, 2.45) is 11.8 Å². The van der Waals surface area contributed by atoms with Gasteiger partial charge < -0.3 is 15.0 Å². The van der Waals surface area contributed by atoms with Crippen LogP contribution in [-0.2, 0) is 4.74 Å². The van der Waals surface area contributed by atoms with Crippen molar-refractivity contribution in [3.05, 3.63) is 11.9 Å². The van der Waals surface area contributed by atoms with Gasteiger partial charge in [0.05, 0.1) is 19.3 Å². The Hall–Kier alpha value is -1.65. The first-order valence-corrected chi connectivity index (χ1v) is 7.28. The normalized spacial score (nSPS) is 17.4. The second-order valence-corrected chi connectivity index (χ2v) is 5.38. The lowest BCUT2D eigenvalue weighted by Crippen LogP contribution is -2.35. The van der Waals surface area contributed by atoms with E-state index in [4.69, 9.17) is 16.4 Å². The van der Waals surface area contributed by atoms with E-state index < -0.39 is 0 Å². The molecule has 20 heavy (non-hydrogen) atoms. The molecule has 1 unspecified atom stereocenters. The molecule has 110 valence electrons. The quantitative estimate of drug-likeness (QED) is 0.570. The molecule has 1 fully saturated rings. The number of morpholine rings is 1. The predicted octanol–water partition coefficient (Wildman–Crippen LogP) is 1.96. The van der Waals surface area contributed by atoms with Crippen molar-refractivity contribution in [1.29, 1.82) is 5.26 Å². The highest BCUT2D eigenvalue weighted by molar-refractivity contribution is 5.23. The first-order chi connectivity index (χ1) is 9.69. The topological polar surface area (TPSA) is 48.3 Å². The van der Waals surface area contributed by atoms with E-state index in [9.17, 15) is 0 Å². The third-order valence-electron chi connectivity index (χ3n) is 3.69. The van der Waals surface area contributed by atoms with Crippen molar-refractivity contribution in [2.75, 3.05) is 32.8 Å². The van der Waals surface area contributed by atoms with Crippen LogP contribution >= 0.6 is 0 Å². The van der Waals surface area contributed by atoms with Crippen LogP contribution in [0.4, 0.5) is 0 Å². The third-order valence-corrected chi connectivity index (χ3v) is 3.69. The standard InChI is InChI=1S/C16H25N3O/c1-4-16(19-9-11-20-12-10-19)13-18-8-6-15(5-7-17)14(2)3/h1,13-15,18H,5-6,8-12H2,2-3H3/b16-13+. The highest BCUT2D eigenvalue weighted by Crippen LogP contribution is 2.18. The molecule has 0 spiro atoms. The minimum atomic E-state index is 0.443. The summed E-state index contributed by atoms with van der Waals surface area (Å²) in [5.41, 5.74) is 0.884. The van der Waals surface area contributed by atoms with E-state index in [1.807, 2.05) is 6.20 Å². The average molecular weight is 275 g/mol. The molecule has 1 N–H and O–H groups in total. The molecular weight excluding hydrogens is 250 g/mol. The van der Waals surface area contributed by atoms with Crippen LogP contribution in [0.5, 0.6) is 0 Å². The van der Waals surface area contributed by atoms with Gasteiger partial charge in [-0.15, -0.1) is 6.42 Å². The Kier molecular flexibility index (Phi) is 7.62. The van der Waals surface area contributed by atoms with Gasteiger partial charge in [-0.1, -0.05) is 19.8 Å². The zero-order valence-electron chi connectivity index (χ0n) is 12.6. The predicted molar refractivity (Wildman–Crippen MR) is 80.5 cm³/mol. The van der Waals surface area contributed by atoms with Gasteiger partial charge >= 0.3 is 0 Å². The van der Waals surface area contributed by atoms with E-state index in [1.54, 1.807) is 0 Å². The van der Waals surface area contributed by atoms with Crippen LogP contribution in [0.3, 0.4) is 0 Å². The van der Waals surface area contributed by atoms with Gasteiger partial charge in [-0.3, -0.25) is 0 Å². The maximum absolute atomic E-state index is 8.81. The minimum absolute atomic E-state index is 0.443. The number of nitrogens with zero attached hydrogens (tertiary/aromatic N) is 2. The van der Waals surface area contributed by atoms with Gasteiger partial charge in [0.1, 0.15) is 5.70 Å². The molecule has 1 aliphatic heterocycles. The van der Waals surface area contributed by atoms with E-state index >= 15 is 0 Å². The lowest BCUT2D eigenvalue weighted by atomic mass is 9.90. The monoisotopic (exact) mass is 275 g/mol. The van der Waals surface area contributed by atoms with Crippen LogP contribution in [0.2, 0.25) is 0 Å². The van der Waals surface area contributed by atoms with Crippen molar-refractivity contribution in [3.63, 3.8) is 0 Å². The number of nitriles is 1. The number of terminal acetylenes is 1. The molecule has 0 aromatic carbocycles. The molecule has 1 rings (SSSR count). The number of hydrogen-bond donors (Lipinski definition) is 1. The number of allylic oxidation sites excluding steroid dienone is 1. The number of hydrogen-bond acceptors (Lipinski definition) is 4. The summed E-state index contributed by atoms with van der Waals surface area (Å²) >= 11 is 0. The molecule has 4 heteroatoms. The number of nitrogens with one attached hydrogen (secondary N) is 1. The smallest absolute Gasteiger partial charge is 0.104 e. The second kappa shape index (κ2) is 9.28. The summed E-state index contributed by atoms with van der Waals surface area (Å²) in [6.07, 6.45) is 9.08. The molecule has 0 aromatic heterocycles. The fourth-order valence-electron chi connectivity index (χ4n) is 2.25. The minimum Gasteiger partial charge on any atom is -0.389 e. The van der Waals surface area contributed by atoms with E-state index in [2.05, 4.69) is 36.1 Å². The van der Waals surface area contributed by atoms with Crippen molar-refractivity contribution >= 4 is 0 Å². The highest BCUT2D eigenvalue weighted by atomic mass is 16.5. The maximum atomic E-state index is 8.81. The molecule has 0 radical (unpaired) electrons. The average Bonchev–Trinajstić information content (AvgIpc) is 2.47. The second-order valence-electron chi connectivity index (χ2n) is 5.38. The largest absolute Gasteiger partial charge is 0.389 e. The summed E-state index contributed by atoms with van der Waals surface area (Å²) in [5, 5.41) is 12.1. The lowest BCUT2D eigenvalue weighted by Gasteiger charge is -2.28. The zero-order valence-corrected chi connectivity index (χ0v) is 12.6. The highest BCUT2D eigenvalue weighted by Gasteiger charge is 2.13. The van der Waals surface area contributed by atoms with E-state index in [1.165, 1.54) is 0 Å². The Morgan fingerprint density at radius 1 is 1.45 bits per heavy atom. The molecule has 1 aliphatic rings. The molecule has 0 aliphatic carbocycles. The van der Waals surface area contributed by atoms with Crippen LogP contribution in [0.15, 0.2) is 11.9 Å². The maximum Gasteiger partial charge on any atom is 0.104 e. The Labute approximate surface area is 122 Å². The van der Waals surface area contributed by atoms with Crippen LogP contribution in [0.25, 0.3) is 0 Å². The van der Waals surface area contributed by atoms with Gasteiger partial charge in [-0.05, 0) is 18.3 Å². The fourth-order valence-corrected chi connectivity index (χ4v) is 2.25. The van der Waals surface area contributed by atoms with Crippen LogP contribution in [-0.4, -0.2) is 37.7 Å². The summed E-state index contributed by atoms with van der Waals surface area (Å²) in [6, 6.07) is 2.26. The molecule has 0 bridgehead atoms. The third kappa shape index (κ3) is 5.55. The van der Waals surface area contributed by atoms with E-state index in [0.717, 1.165) is 45.0 Å². The Bertz CT molecular complexity index is 384. The molecule has 1 saturated heterocycles. The molecule has 1 atom stereocenters. The van der Waals surface area contributed by atoms with Gasteiger partial charge in [-0.25, -0.2) is 0 Å². The van der Waals surface area contributed by atoms with E-state index in [-0.39, 0.29) is 0 Å². The summed E-state index contributed by atoms with van der Waals surface area (Å²) in [5.74, 6) is 3.70. The van der Waals surface area contributed by atoms with Crippen LogP contribution in [0.1, 0.15) is 26.7 Å². The van der Waals surface area contributed by atoms with Crippen LogP contribution < -0.4 is 5.32 Å². The SMILES string of the molecule is C#C/C(=C\NCCC(CC#N)C(C)C)N1CCOCC1. The first kappa shape index (κ1) is 16.4. The van der Waals surface area contributed by atoms with Crippen molar-refractivity contribution < 1.29 is 4.74 Å². The molecule has 0 aromatic rings. The molecule has 0 amide bonds. The van der Waals surface area contributed by atoms with Gasteiger partial charge in [0.25, 0.3) is 0 Å². The molecule has 0 saturated carbocycles. The van der Waals surface area contributed by atoms with Crippen molar-refractivity contribution in [3.8, 4) is 18.4 Å². The Balaban J connectivity index is 2.38. The van der Waals surface area contributed by atoms with Gasteiger partial charge in [-0.2, -0.15) is 5.26 Å². The van der Waals surface area contributed by atoms with Crippen LogP contribution in [0, 0.1) is 35.5 Å². The summed E-state index contributed by atoms with van der Waals surface area (Å²) in [6.45, 7) is 8.34. The number of rotatable bonds is 7. The zero-order chi connectivity index (χ0) is 14.8. The summed E-state index contributed by atoms with van der Waals surface area (Å²) in [4.78, 5) is 2.16. The first-order valence-electron chi connectivity index (χ1n) is 7.28. The molecule has 4 nitrogen and oxygen atoms in total. The van der Waals surface area contributed by atoms with Crippen molar-refractivity contribution in [1.82, 2.24) is 10.2 Å². The Morgan fingerprint density at radius 2 is 2.15 bits per heavy atom. The summed E-state index contributed by atoms with van der Waals surface area (Å²) < 4.78 is 5.32. The van der Waals surface area contributed by atoms with E-state index in [0.29, 0.717) is 18.3 Å². The number of ether oxygens (including phenoxy) is 1. The van der Waals surface area contributed by atoms with Gasteiger partial charge in [0.15, 0.2) is 0 Å². The van der Waals surface area contributed by atoms with Gasteiger partial charge in [0, 0.05) is 32.3 Å². The fraction of sp³-hybridized carbons (Fsp3) is 0.688.